The zero-order valence-electron chi connectivity index (χ0n) is 7.01. The molecule has 0 aromatic carbocycles. The molecule has 0 saturated carbocycles. The first-order valence-corrected chi connectivity index (χ1v) is 6.15. The molecular weight excluding hydrogens is 339 g/mol. The highest BCUT2D eigenvalue weighted by atomic mass is 79.9. The summed E-state index contributed by atoms with van der Waals surface area (Å²) in [6.45, 7) is 0. The zero-order chi connectivity index (χ0) is 10.0. The third kappa shape index (κ3) is 3.23. The molecule has 72 valence electrons. The fraction of sp³-hybridized carbons (Fsp3) is 0.286. The molecule has 0 amide bonds. The summed E-state index contributed by atoms with van der Waals surface area (Å²) in [4.78, 5) is 7.05. The van der Waals surface area contributed by atoms with Crippen molar-refractivity contribution < 1.29 is 0 Å². The van der Waals surface area contributed by atoms with Crippen LogP contribution < -0.4 is 4.90 Å². The second kappa shape index (κ2) is 4.77. The highest BCUT2D eigenvalue weighted by Crippen LogP contribution is 2.32. The average Bonchev–Trinajstić information content (AvgIpc) is 2.31. The first kappa shape index (κ1) is 11.5. The van der Waals surface area contributed by atoms with Crippen LogP contribution in [0.1, 0.15) is 4.88 Å². The number of anilines is 1. The Kier molecular flexibility index (Phi) is 4.22. The van der Waals surface area contributed by atoms with Crippen LogP contribution in [-0.4, -0.2) is 19.1 Å². The highest BCUT2D eigenvalue weighted by molar-refractivity contribution is 9.28. The predicted molar refractivity (Wildman–Crippen MR) is 67.3 cm³/mol. The van der Waals surface area contributed by atoms with Gasteiger partial charge in [0.05, 0.1) is 8.27 Å². The van der Waals surface area contributed by atoms with Crippen molar-refractivity contribution in [2.24, 2.45) is 0 Å². The molecule has 0 bridgehead atoms. The van der Waals surface area contributed by atoms with E-state index in [1.165, 1.54) is 0 Å². The monoisotopic (exact) mass is 344 g/mol. The van der Waals surface area contributed by atoms with Crippen LogP contribution in [0.3, 0.4) is 0 Å². The predicted octanol–water partition coefficient (Wildman–Crippen LogP) is 3.95. The Balaban J connectivity index is 3.03. The van der Waals surface area contributed by atoms with Crippen LogP contribution in [0.25, 0.3) is 6.08 Å². The van der Waals surface area contributed by atoms with Crippen molar-refractivity contribution in [1.82, 2.24) is 4.98 Å². The summed E-state index contributed by atoms with van der Waals surface area (Å²) in [5.41, 5.74) is 0. The maximum atomic E-state index is 5.92. The minimum absolute atomic E-state index is 0.533. The first-order valence-electron chi connectivity index (χ1n) is 3.37. The molecule has 2 nitrogen and oxygen atoms in total. The van der Waals surface area contributed by atoms with Gasteiger partial charge in [0, 0.05) is 14.1 Å². The molecule has 1 rings (SSSR count). The van der Waals surface area contributed by atoms with Crippen LogP contribution in [-0.2, 0) is 0 Å². The molecule has 6 heteroatoms. The quantitative estimate of drug-likeness (QED) is 0.806. The number of nitrogens with zero attached hydrogens (tertiary/aromatic N) is 2. The normalized spacial score (nSPS) is 9.92. The van der Waals surface area contributed by atoms with Gasteiger partial charge >= 0.3 is 0 Å². The highest BCUT2D eigenvalue weighted by Gasteiger charge is 2.08. The van der Waals surface area contributed by atoms with E-state index in [1.54, 1.807) is 11.3 Å². The van der Waals surface area contributed by atoms with E-state index in [0.29, 0.717) is 5.15 Å². The van der Waals surface area contributed by atoms with Gasteiger partial charge in [-0.2, -0.15) is 0 Å². The van der Waals surface area contributed by atoms with Crippen molar-refractivity contribution in [3.63, 3.8) is 0 Å². The summed E-state index contributed by atoms with van der Waals surface area (Å²) in [5.74, 6) is 0. The van der Waals surface area contributed by atoms with Crippen molar-refractivity contribution in [3.05, 3.63) is 13.4 Å². The Morgan fingerprint density at radius 3 is 2.54 bits per heavy atom. The average molecular weight is 346 g/mol. The Morgan fingerprint density at radius 1 is 1.54 bits per heavy atom. The van der Waals surface area contributed by atoms with Gasteiger partial charge in [-0.3, -0.25) is 0 Å². The molecule has 0 N–H and O–H groups in total. The Hall–Kier alpha value is 0.420. The molecule has 0 radical (unpaired) electrons. The largest absolute Gasteiger partial charge is 0.354 e. The second-order valence-corrected chi connectivity index (χ2v) is 6.62. The van der Waals surface area contributed by atoms with E-state index < -0.39 is 0 Å². The van der Waals surface area contributed by atoms with Crippen LogP contribution in [0.2, 0.25) is 5.15 Å². The molecule has 0 saturated heterocycles. The van der Waals surface area contributed by atoms with Crippen LogP contribution in [0.4, 0.5) is 5.13 Å². The van der Waals surface area contributed by atoms with Gasteiger partial charge in [0.1, 0.15) is 5.15 Å². The summed E-state index contributed by atoms with van der Waals surface area (Å²) < 4.78 is 0.857. The van der Waals surface area contributed by atoms with E-state index in [1.807, 2.05) is 25.1 Å². The van der Waals surface area contributed by atoms with Crippen LogP contribution in [0.15, 0.2) is 3.39 Å². The maximum Gasteiger partial charge on any atom is 0.186 e. The Labute approximate surface area is 103 Å². The lowest BCUT2D eigenvalue weighted by Gasteiger charge is -2.04. The van der Waals surface area contributed by atoms with Crippen molar-refractivity contribution in [3.8, 4) is 0 Å². The summed E-state index contributed by atoms with van der Waals surface area (Å²) in [5, 5.41) is 1.43. The van der Waals surface area contributed by atoms with Gasteiger partial charge in [-0.1, -0.05) is 22.9 Å². The lowest BCUT2D eigenvalue weighted by molar-refractivity contribution is 1.10. The molecule has 0 unspecified atom stereocenters. The summed E-state index contributed by atoms with van der Waals surface area (Å²) in [6, 6.07) is 0. The standard InChI is InChI=1S/C7H7Br2ClN2S/c1-12(2)7-11-6(10)4(13-7)3-5(8)9/h3H,1-2H3. The molecule has 0 spiro atoms. The van der Waals surface area contributed by atoms with Gasteiger partial charge < -0.3 is 4.90 Å². The minimum Gasteiger partial charge on any atom is -0.354 e. The number of rotatable bonds is 2. The zero-order valence-corrected chi connectivity index (χ0v) is 11.8. The van der Waals surface area contributed by atoms with Crippen LogP contribution in [0, 0.1) is 0 Å². The number of hydrogen-bond acceptors (Lipinski definition) is 3. The second-order valence-electron chi connectivity index (χ2n) is 2.48. The van der Waals surface area contributed by atoms with E-state index in [2.05, 4.69) is 36.8 Å². The fourth-order valence-electron chi connectivity index (χ4n) is 0.682. The van der Waals surface area contributed by atoms with Gasteiger partial charge in [-0.15, -0.1) is 0 Å². The van der Waals surface area contributed by atoms with E-state index in [4.69, 9.17) is 11.6 Å². The van der Waals surface area contributed by atoms with Crippen molar-refractivity contribution in [2.45, 2.75) is 0 Å². The van der Waals surface area contributed by atoms with Gasteiger partial charge in [0.2, 0.25) is 0 Å². The van der Waals surface area contributed by atoms with Crippen molar-refractivity contribution in [1.29, 1.82) is 0 Å². The molecule has 1 aromatic rings. The lowest BCUT2D eigenvalue weighted by atomic mass is 10.5. The molecule has 0 fully saturated rings. The number of hydrogen-bond donors (Lipinski definition) is 0. The van der Waals surface area contributed by atoms with E-state index in [-0.39, 0.29) is 0 Å². The molecule has 1 heterocycles. The van der Waals surface area contributed by atoms with E-state index in [0.717, 1.165) is 13.4 Å². The summed E-state index contributed by atoms with van der Waals surface area (Å²) >= 11 is 14.0. The number of halogens is 3. The van der Waals surface area contributed by atoms with Crippen molar-refractivity contribution >= 4 is 66.0 Å². The molecule has 0 aliphatic heterocycles. The van der Waals surface area contributed by atoms with E-state index >= 15 is 0 Å². The van der Waals surface area contributed by atoms with Crippen molar-refractivity contribution in [2.75, 3.05) is 19.0 Å². The Morgan fingerprint density at radius 2 is 2.15 bits per heavy atom. The van der Waals surface area contributed by atoms with Gasteiger partial charge in [0.15, 0.2) is 5.13 Å². The maximum absolute atomic E-state index is 5.92. The molecule has 13 heavy (non-hydrogen) atoms. The van der Waals surface area contributed by atoms with E-state index in [9.17, 15) is 0 Å². The topological polar surface area (TPSA) is 16.1 Å². The van der Waals surface area contributed by atoms with Crippen LogP contribution >= 0.6 is 54.8 Å². The fourth-order valence-corrected chi connectivity index (χ4v) is 2.57. The molecule has 0 aliphatic carbocycles. The third-order valence-electron chi connectivity index (χ3n) is 1.22. The van der Waals surface area contributed by atoms with Gasteiger partial charge in [-0.25, -0.2) is 4.98 Å². The van der Waals surface area contributed by atoms with Gasteiger partial charge in [0.25, 0.3) is 0 Å². The SMILES string of the molecule is CN(C)c1nc(Cl)c(C=C(Br)Br)s1. The molecule has 0 atom stereocenters. The third-order valence-corrected chi connectivity index (χ3v) is 3.25. The first-order chi connectivity index (χ1) is 6.00. The number of aromatic nitrogens is 1. The summed E-state index contributed by atoms with van der Waals surface area (Å²) in [6.07, 6.45) is 1.88. The molecular formula is C7H7Br2ClN2S. The number of thiazole rings is 1. The minimum atomic E-state index is 0.533. The van der Waals surface area contributed by atoms with Crippen LogP contribution in [0.5, 0.6) is 0 Å². The Bertz CT molecular complexity index is 331. The van der Waals surface area contributed by atoms with Gasteiger partial charge in [-0.05, 0) is 37.9 Å². The summed E-state index contributed by atoms with van der Waals surface area (Å²) in [7, 11) is 3.87. The molecule has 0 aliphatic rings. The lowest BCUT2D eigenvalue weighted by Crippen LogP contribution is -2.07. The molecule has 1 aromatic heterocycles. The smallest absolute Gasteiger partial charge is 0.186 e.